The van der Waals surface area contributed by atoms with Gasteiger partial charge in [0, 0.05) is 12.8 Å². The van der Waals surface area contributed by atoms with Gasteiger partial charge in [-0.1, -0.05) is 0 Å². The fourth-order valence-electron chi connectivity index (χ4n) is 1.41. The van der Waals surface area contributed by atoms with Crippen molar-refractivity contribution in [3.05, 3.63) is 0 Å². The van der Waals surface area contributed by atoms with E-state index in [2.05, 4.69) is 9.98 Å². The number of ketones is 1. The van der Waals surface area contributed by atoms with E-state index in [-0.39, 0.29) is 5.78 Å². The fourth-order valence-corrected chi connectivity index (χ4v) is 1.41. The molecule has 0 aliphatic heterocycles. The third-order valence-electron chi connectivity index (χ3n) is 2.09. The highest BCUT2D eigenvalue weighted by Gasteiger charge is 2.39. The van der Waals surface area contributed by atoms with Crippen LogP contribution in [0.25, 0.3) is 0 Å². The van der Waals surface area contributed by atoms with Crippen LogP contribution in [0.1, 0.15) is 25.7 Å². The normalized spacial score (nSPS) is 27.2. The fraction of sp³-hybridized carbons (Fsp3) is 0.625. The standard InChI is InChI=1S/C8H8N2O3/c11-5-9-8(10-6-12)4-2-1-3-7(8)13/h1-4H2. The number of Topliss-reactive ketones (excluding diaryl/α,β-unsaturated/α-hetero) is 1. The zero-order valence-corrected chi connectivity index (χ0v) is 6.95. The van der Waals surface area contributed by atoms with Crippen LogP contribution in [-0.2, 0) is 14.4 Å². The highest BCUT2D eigenvalue weighted by molar-refractivity contribution is 5.90. The van der Waals surface area contributed by atoms with Gasteiger partial charge in [0.25, 0.3) is 0 Å². The third kappa shape index (κ3) is 1.78. The van der Waals surface area contributed by atoms with Gasteiger partial charge in [-0.05, 0) is 12.8 Å². The summed E-state index contributed by atoms with van der Waals surface area (Å²) >= 11 is 0. The number of hydrogen-bond acceptors (Lipinski definition) is 5. The van der Waals surface area contributed by atoms with Gasteiger partial charge in [-0.2, -0.15) is 9.98 Å². The first-order valence-electron chi connectivity index (χ1n) is 3.96. The Kier molecular flexibility index (Phi) is 2.85. The van der Waals surface area contributed by atoms with Gasteiger partial charge in [0.1, 0.15) is 0 Å². The molecule has 0 radical (unpaired) electrons. The smallest absolute Gasteiger partial charge is 0.237 e. The summed E-state index contributed by atoms with van der Waals surface area (Å²) < 4.78 is 0. The zero-order chi connectivity index (χ0) is 9.73. The number of carbonyl (C=O) groups is 1. The summed E-state index contributed by atoms with van der Waals surface area (Å²) in [5.41, 5.74) is -1.50. The second-order valence-corrected chi connectivity index (χ2v) is 2.85. The van der Waals surface area contributed by atoms with Crippen molar-refractivity contribution < 1.29 is 14.4 Å². The Bertz CT molecular complexity index is 293. The summed E-state index contributed by atoms with van der Waals surface area (Å²) in [5, 5.41) is 0. The Hall–Kier alpha value is -1.57. The van der Waals surface area contributed by atoms with Crippen LogP contribution in [-0.4, -0.2) is 23.6 Å². The second-order valence-electron chi connectivity index (χ2n) is 2.85. The highest BCUT2D eigenvalue weighted by Crippen LogP contribution is 2.29. The molecule has 1 fully saturated rings. The lowest BCUT2D eigenvalue weighted by atomic mass is 9.89. The average Bonchev–Trinajstić information content (AvgIpc) is 2.11. The molecule has 0 bridgehead atoms. The van der Waals surface area contributed by atoms with E-state index in [1.807, 2.05) is 0 Å². The minimum atomic E-state index is -1.50. The molecule has 0 spiro atoms. The molecule has 5 heteroatoms. The molecule has 1 aliphatic rings. The lowest BCUT2D eigenvalue weighted by Gasteiger charge is -2.24. The molecule has 0 heterocycles. The van der Waals surface area contributed by atoms with Crippen molar-refractivity contribution in [2.75, 3.05) is 0 Å². The number of carbonyl (C=O) groups excluding carboxylic acids is 3. The Morgan fingerprint density at radius 2 is 1.77 bits per heavy atom. The Morgan fingerprint density at radius 1 is 1.15 bits per heavy atom. The molecule has 1 rings (SSSR count). The summed E-state index contributed by atoms with van der Waals surface area (Å²) in [6.45, 7) is 0. The molecular formula is C8H8N2O3. The van der Waals surface area contributed by atoms with E-state index in [0.29, 0.717) is 12.8 Å². The molecule has 1 saturated carbocycles. The van der Waals surface area contributed by atoms with E-state index in [1.54, 1.807) is 0 Å². The van der Waals surface area contributed by atoms with Crippen molar-refractivity contribution in [3.63, 3.8) is 0 Å². The van der Waals surface area contributed by atoms with Gasteiger partial charge in [-0.25, -0.2) is 9.59 Å². The van der Waals surface area contributed by atoms with Crippen molar-refractivity contribution in [2.45, 2.75) is 31.3 Å². The van der Waals surface area contributed by atoms with Crippen LogP contribution in [0.4, 0.5) is 0 Å². The molecule has 13 heavy (non-hydrogen) atoms. The molecule has 0 aromatic carbocycles. The summed E-state index contributed by atoms with van der Waals surface area (Å²) in [4.78, 5) is 38.1. The van der Waals surface area contributed by atoms with E-state index in [9.17, 15) is 14.4 Å². The molecule has 5 nitrogen and oxygen atoms in total. The largest absolute Gasteiger partial charge is 0.295 e. The molecule has 0 aromatic rings. The summed E-state index contributed by atoms with van der Waals surface area (Å²) in [6.07, 6.45) is 4.63. The minimum absolute atomic E-state index is 0.301. The van der Waals surface area contributed by atoms with Crippen LogP contribution >= 0.6 is 0 Å². The first-order valence-corrected chi connectivity index (χ1v) is 3.96. The number of isocyanates is 2. The van der Waals surface area contributed by atoms with Crippen LogP contribution in [0.2, 0.25) is 0 Å². The molecule has 0 aromatic heterocycles. The highest BCUT2D eigenvalue weighted by atomic mass is 16.1. The Balaban J connectivity index is 3.05. The van der Waals surface area contributed by atoms with Crippen molar-refractivity contribution in [2.24, 2.45) is 9.98 Å². The van der Waals surface area contributed by atoms with E-state index in [4.69, 9.17) is 0 Å². The van der Waals surface area contributed by atoms with Gasteiger partial charge in [0.15, 0.2) is 5.78 Å². The van der Waals surface area contributed by atoms with Crippen molar-refractivity contribution >= 4 is 17.9 Å². The zero-order valence-electron chi connectivity index (χ0n) is 6.95. The Morgan fingerprint density at radius 3 is 2.23 bits per heavy atom. The summed E-state index contributed by atoms with van der Waals surface area (Å²) in [6, 6.07) is 0. The molecule has 68 valence electrons. The monoisotopic (exact) mass is 180 g/mol. The minimum Gasteiger partial charge on any atom is -0.295 e. The maximum absolute atomic E-state index is 11.4. The second kappa shape index (κ2) is 3.90. The maximum atomic E-state index is 11.4. The number of nitrogens with zero attached hydrogens (tertiary/aromatic N) is 2. The molecule has 0 saturated heterocycles. The quantitative estimate of drug-likeness (QED) is 0.458. The lowest BCUT2D eigenvalue weighted by Crippen LogP contribution is -2.37. The summed E-state index contributed by atoms with van der Waals surface area (Å²) in [7, 11) is 0. The Labute approximate surface area is 74.6 Å². The van der Waals surface area contributed by atoms with Crippen molar-refractivity contribution in [1.82, 2.24) is 0 Å². The van der Waals surface area contributed by atoms with Crippen molar-refractivity contribution in [1.29, 1.82) is 0 Å². The van der Waals surface area contributed by atoms with Gasteiger partial charge in [-0.3, -0.25) is 4.79 Å². The van der Waals surface area contributed by atoms with Crippen LogP contribution in [0.3, 0.4) is 0 Å². The van der Waals surface area contributed by atoms with Crippen LogP contribution in [0, 0.1) is 0 Å². The number of rotatable bonds is 2. The number of hydrogen-bond donors (Lipinski definition) is 0. The van der Waals surface area contributed by atoms with Crippen LogP contribution in [0.15, 0.2) is 9.98 Å². The van der Waals surface area contributed by atoms with Gasteiger partial charge < -0.3 is 0 Å². The average molecular weight is 180 g/mol. The summed E-state index contributed by atoms with van der Waals surface area (Å²) in [5.74, 6) is -0.301. The third-order valence-corrected chi connectivity index (χ3v) is 2.09. The van der Waals surface area contributed by atoms with E-state index in [0.717, 1.165) is 12.8 Å². The van der Waals surface area contributed by atoms with E-state index < -0.39 is 5.66 Å². The molecule has 0 amide bonds. The molecule has 0 atom stereocenters. The SMILES string of the molecule is O=C=NC1(N=C=O)CCCCC1=O. The first-order chi connectivity index (χ1) is 6.25. The topological polar surface area (TPSA) is 75.9 Å². The predicted octanol–water partition coefficient (Wildman–Crippen LogP) is 0.497. The molecule has 0 N–H and O–H groups in total. The molecular weight excluding hydrogens is 172 g/mol. The molecule has 1 aliphatic carbocycles. The maximum Gasteiger partial charge on any atom is 0.237 e. The predicted molar refractivity (Wildman–Crippen MR) is 42.4 cm³/mol. The van der Waals surface area contributed by atoms with Gasteiger partial charge in [-0.15, -0.1) is 0 Å². The first kappa shape index (κ1) is 9.52. The van der Waals surface area contributed by atoms with E-state index >= 15 is 0 Å². The number of aliphatic imine (C=N–C) groups is 2. The molecule has 0 unspecified atom stereocenters. The van der Waals surface area contributed by atoms with Crippen molar-refractivity contribution in [3.8, 4) is 0 Å². The van der Waals surface area contributed by atoms with E-state index in [1.165, 1.54) is 12.2 Å². The van der Waals surface area contributed by atoms with Gasteiger partial charge in [0.05, 0.1) is 0 Å². The van der Waals surface area contributed by atoms with Crippen LogP contribution < -0.4 is 0 Å². The van der Waals surface area contributed by atoms with Crippen LogP contribution in [0.5, 0.6) is 0 Å². The lowest BCUT2D eigenvalue weighted by molar-refractivity contribution is -0.125. The van der Waals surface area contributed by atoms with Gasteiger partial charge >= 0.3 is 0 Å². The van der Waals surface area contributed by atoms with Gasteiger partial charge in [0.2, 0.25) is 17.8 Å².